The van der Waals surface area contributed by atoms with Crippen molar-refractivity contribution in [3.05, 3.63) is 33.8 Å². The van der Waals surface area contributed by atoms with Gasteiger partial charge in [0.15, 0.2) is 0 Å². The molecule has 3 rings (SSSR count). The van der Waals surface area contributed by atoms with Gasteiger partial charge in [-0.3, -0.25) is 4.79 Å². The van der Waals surface area contributed by atoms with Crippen LogP contribution in [0.3, 0.4) is 0 Å². The lowest BCUT2D eigenvalue weighted by Gasteiger charge is -2.32. The molecule has 1 aromatic carbocycles. The molecule has 2 fully saturated rings. The summed E-state index contributed by atoms with van der Waals surface area (Å²) >= 11 is 12.1. The first-order chi connectivity index (χ1) is 9.65. The number of hydrogen-bond acceptors (Lipinski definition) is 2. The van der Waals surface area contributed by atoms with Crippen molar-refractivity contribution in [2.45, 2.75) is 37.8 Å². The zero-order chi connectivity index (χ0) is 14.1. The molecule has 5 heteroatoms. The normalized spacial score (nSPS) is 20.9. The summed E-state index contributed by atoms with van der Waals surface area (Å²) in [6.45, 7) is 2.15. The van der Waals surface area contributed by atoms with Crippen molar-refractivity contribution in [1.82, 2.24) is 10.2 Å². The van der Waals surface area contributed by atoms with E-state index in [1.807, 2.05) is 0 Å². The lowest BCUT2D eigenvalue weighted by molar-refractivity contribution is 0.0909. The Morgan fingerprint density at radius 2 is 1.70 bits per heavy atom. The second kappa shape index (κ2) is 5.92. The van der Waals surface area contributed by atoms with Crippen LogP contribution in [0.25, 0.3) is 0 Å². The van der Waals surface area contributed by atoms with Crippen LogP contribution in [0.1, 0.15) is 36.0 Å². The van der Waals surface area contributed by atoms with Crippen LogP contribution in [-0.2, 0) is 0 Å². The SMILES string of the molecule is O=C(NC1CCN(C2CC2)CC1)c1c(Cl)cccc1Cl. The van der Waals surface area contributed by atoms with E-state index in [2.05, 4.69) is 10.2 Å². The number of halogens is 2. The van der Waals surface area contributed by atoms with Crippen molar-refractivity contribution < 1.29 is 4.79 Å². The van der Waals surface area contributed by atoms with Crippen LogP contribution in [0.4, 0.5) is 0 Å². The lowest BCUT2D eigenvalue weighted by atomic mass is 10.0. The Morgan fingerprint density at radius 3 is 2.25 bits per heavy atom. The van der Waals surface area contributed by atoms with E-state index in [1.165, 1.54) is 12.8 Å². The van der Waals surface area contributed by atoms with Gasteiger partial charge in [-0.2, -0.15) is 0 Å². The molecule has 3 nitrogen and oxygen atoms in total. The quantitative estimate of drug-likeness (QED) is 0.928. The zero-order valence-electron chi connectivity index (χ0n) is 11.2. The van der Waals surface area contributed by atoms with Crippen LogP contribution in [0.15, 0.2) is 18.2 Å². The number of carbonyl (C=O) groups excluding carboxylic acids is 1. The summed E-state index contributed by atoms with van der Waals surface area (Å²) in [6.07, 6.45) is 4.69. The maximum absolute atomic E-state index is 12.3. The van der Waals surface area contributed by atoms with E-state index in [0.717, 1.165) is 32.0 Å². The van der Waals surface area contributed by atoms with Crippen LogP contribution in [0, 0.1) is 0 Å². The molecular formula is C15H18Cl2N2O. The van der Waals surface area contributed by atoms with Gasteiger partial charge in [-0.05, 0) is 37.8 Å². The first kappa shape index (κ1) is 14.2. The molecule has 108 valence electrons. The Hall–Kier alpha value is -0.770. The highest BCUT2D eigenvalue weighted by Crippen LogP contribution is 2.29. The van der Waals surface area contributed by atoms with E-state index in [-0.39, 0.29) is 11.9 Å². The number of hydrogen-bond donors (Lipinski definition) is 1. The minimum absolute atomic E-state index is 0.162. The number of benzene rings is 1. The lowest BCUT2D eigenvalue weighted by Crippen LogP contribution is -2.45. The third kappa shape index (κ3) is 3.11. The molecule has 0 bridgehead atoms. The van der Waals surface area contributed by atoms with E-state index in [9.17, 15) is 4.79 Å². The predicted octanol–water partition coefficient (Wildman–Crippen LogP) is 3.35. The maximum atomic E-state index is 12.3. The molecule has 1 aliphatic carbocycles. The number of rotatable bonds is 3. The highest BCUT2D eigenvalue weighted by molar-refractivity contribution is 6.39. The van der Waals surface area contributed by atoms with Crippen molar-refractivity contribution in [3.8, 4) is 0 Å². The minimum atomic E-state index is -0.162. The second-order valence-electron chi connectivity index (χ2n) is 5.61. The summed E-state index contributed by atoms with van der Waals surface area (Å²) in [6, 6.07) is 6.17. The molecule has 0 radical (unpaired) electrons. The van der Waals surface area contributed by atoms with Gasteiger partial charge in [-0.1, -0.05) is 29.3 Å². The number of amides is 1. The van der Waals surface area contributed by atoms with Crippen molar-refractivity contribution in [2.75, 3.05) is 13.1 Å². The third-order valence-electron chi connectivity index (χ3n) is 4.12. The average Bonchev–Trinajstić information content (AvgIpc) is 3.24. The molecule has 0 spiro atoms. The fourth-order valence-electron chi connectivity index (χ4n) is 2.82. The van der Waals surface area contributed by atoms with E-state index >= 15 is 0 Å². The predicted molar refractivity (Wildman–Crippen MR) is 81.5 cm³/mol. The molecule has 1 amide bonds. The van der Waals surface area contributed by atoms with Crippen LogP contribution in [-0.4, -0.2) is 36.0 Å². The van der Waals surface area contributed by atoms with Gasteiger partial charge in [0.1, 0.15) is 0 Å². The number of carbonyl (C=O) groups is 1. The van der Waals surface area contributed by atoms with Gasteiger partial charge in [0.25, 0.3) is 5.91 Å². The molecule has 2 aliphatic rings. The molecule has 1 N–H and O–H groups in total. The number of piperidine rings is 1. The first-order valence-electron chi connectivity index (χ1n) is 7.14. The summed E-state index contributed by atoms with van der Waals surface area (Å²) in [5.41, 5.74) is 0.389. The smallest absolute Gasteiger partial charge is 0.254 e. The highest BCUT2D eigenvalue weighted by Gasteiger charge is 2.32. The Labute approximate surface area is 129 Å². The Morgan fingerprint density at radius 1 is 1.10 bits per heavy atom. The molecule has 1 aliphatic heterocycles. The molecular weight excluding hydrogens is 295 g/mol. The Bertz CT molecular complexity index is 488. The molecule has 0 unspecified atom stereocenters. The van der Waals surface area contributed by atoms with Gasteiger partial charge in [-0.25, -0.2) is 0 Å². The molecule has 0 atom stereocenters. The van der Waals surface area contributed by atoms with E-state index in [0.29, 0.717) is 15.6 Å². The van der Waals surface area contributed by atoms with E-state index in [1.54, 1.807) is 18.2 Å². The summed E-state index contributed by atoms with van der Waals surface area (Å²) < 4.78 is 0. The minimum Gasteiger partial charge on any atom is -0.349 e. The molecule has 1 heterocycles. The van der Waals surface area contributed by atoms with Crippen molar-refractivity contribution >= 4 is 29.1 Å². The summed E-state index contributed by atoms with van der Waals surface area (Å²) in [5, 5.41) is 3.88. The summed E-state index contributed by atoms with van der Waals surface area (Å²) in [7, 11) is 0. The molecule has 0 aromatic heterocycles. The van der Waals surface area contributed by atoms with Crippen LogP contribution in [0.2, 0.25) is 10.0 Å². The standard InChI is InChI=1S/C15H18Cl2N2O/c16-12-2-1-3-13(17)14(12)15(20)18-10-6-8-19(9-7-10)11-4-5-11/h1-3,10-11H,4-9H2,(H,18,20). The largest absolute Gasteiger partial charge is 0.349 e. The highest BCUT2D eigenvalue weighted by atomic mass is 35.5. The molecule has 1 aromatic rings. The number of nitrogens with one attached hydrogen (secondary N) is 1. The van der Waals surface area contributed by atoms with E-state index in [4.69, 9.17) is 23.2 Å². The Balaban J connectivity index is 1.59. The van der Waals surface area contributed by atoms with Gasteiger partial charge in [0.2, 0.25) is 0 Å². The van der Waals surface area contributed by atoms with Crippen LogP contribution < -0.4 is 5.32 Å². The van der Waals surface area contributed by atoms with Gasteiger partial charge < -0.3 is 10.2 Å². The summed E-state index contributed by atoms with van der Waals surface area (Å²) in [4.78, 5) is 14.8. The fraction of sp³-hybridized carbons (Fsp3) is 0.533. The third-order valence-corrected chi connectivity index (χ3v) is 4.75. The molecule has 1 saturated carbocycles. The fourth-order valence-corrected chi connectivity index (χ4v) is 3.39. The Kier molecular flexibility index (Phi) is 4.20. The van der Waals surface area contributed by atoms with Crippen LogP contribution in [0.5, 0.6) is 0 Å². The van der Waals surface area contributed by atoms with E-state index < -0.39 is 0 Å². The van der Waals surface area contributed by atoms with Crippen molar-refractivity contribution in [3.63, 3.8) is 0 Å². The van der Waals surface area contributed by atoms with Gasteiger partial charge in [0.05, 0.1) is 15.6 Å². The van der Waals surface area contributed by atoms with Gasteiger partial charge >= 0.3 is 0 Å². The average molecular weight is 313 g/mol. The van der Waals surface area contributed by atoms with Gasteiger partial charge in [-0.15, -0.1) is 0 Å². The molecule has 20 heavy (non-hydrogen) atoms. The monoisotopic (exact) mass is 312 g/mol. The maximum Gasteiger partial charge on any atom is 0.254 e. The zero-order valence-corrected chi connectivity index (χ0v) is 12.8. The topological polar surface area (TPSA) is 32.3 Å². The van der Waals surface area contributed by atoms with Gasteiger partial charge in [0, 0.05) is 25.2 Å². The number of nitrogens with zero attached hydrogens (tertiary/aromatic N) is 1. The molecule has 1 saturated heterocycles. The summed E-state index contributed by atoms with van der Waals surface area (Å²) in [5.74, 6) is -0.162. The number of likely N-dealkylation sites (tertiary alicyclic amines) is 1. The van der Waals surface area contributed by atoms with Crippen molar-refractivity contribution in [1.29, 1.82) is 0 Å². The first-order valence-corrected chi connectivity index (χ1v) is 7.89. The van der Waals surface area contributed by atoms with Crippen LogP contribution >= 0.6 is 23.2 Å². The second-order valence-corrected chi connectivity index (χ2v) is 6.43. The van der Waals surface area contributed by atoms with Crippen molar-refractivity contribution in [2.24, 2.45) is 0 Å².